The van der Waals surface area contributed by atoms with Crippen LogP contribution in [0.4, 0.5) is 0 Å². The van der Waals surface area contributed by atoms with Crippen LogP contribution in [0.5, 0.6) is 0 Å². The number of hydrogen-bond donors (Lipinski definition) is 3. The summed E-state index contributed by atoms with van der Waals surface area (Å²) in [5.74, 6) is -0.829. The first-order valence-corrected chi connectivity index (χ1v) is 4.66. The fourth-order valence-corrected chi connectivity index (χ4v) is 0.477. The zero-order valence-electron chi connectivity index (χ0n) is 7.33. The molecule has 0 aliphatic carbocycles. The number of carbonyl (C=O) groups is 1. The number of halogens is 1. The number of alkyl halides is 1. The van der Waals surface area contributed by atoms with Gasteiger partial charge in [0.2, 0.25) is 0 Å². The normalized spacial score (nSPS) is 8.71. The van der Waals surface area contributed by atoms with Crippen molar-refractivity contribution in [2.24, 2.45) is 0 Å². The van der Waals surface area contributed by atoms with Crippen LogP contribution in [-0.2, 0) is 4.79 Å². The summed E-state index contributed by atoms with van der Waals surface area (Å²) in [5, 5.41) is 7.71. The maximum Gasteiger partial charge on any atom is 0.325 e. The third-order valence-corrected chi connectivity index (χ3v) is 1.60. The van der Waals surface area contributed by atoms with Crippen molar-refractivity contribution in [3.05, 3.63) is 32.6 Å². The van der Waals surface area contributed by atoms with Gasteiger partial charge in [0, 0.05) is 11.8 Å². The summed E-state index contributed by atoms with van der Waals surface area (Å²) in [6.45, 7) is 1.62. The molecule has 3 N–H and O–H groups in total. The molecule has 0 radical (unpaired) electrons. The van der Waals surface area contributed by atoms with Gasteiger partial charge in [-0.1, -0.05) is 15.9 Å². The van der Waals surface area contributed by atoms with Crippen molar-refractivity contribution < 1.29 is 9.90 Å². The van der Waals surface area contributed by atoms with Crippen molar-refractivity contribution >= 4 is 21.9 Å². The molecule has 0 unspecified atom stereocenters. The summed E-state index contributed by atoms with van der Waals surface area (Å²) in [6.07, 6.45) is 1.38. The molecule has 0 bridgehead atoms. The monoisotopic (exact) mass is 264 g/mol. The summed E-state index contributed by atoms with van der Waals surface area (Å²) < 4.78 is 0. The number of nitrogens with one attached hydrogen (secondary N) is 2. The number of H-pyrrole nitrogens is 2. The van der Waals surface area contributed by atoms with Gasteiger partial charge in [-0.15, -0.1) is 0 Å². The van der Waals surface area contributed by atoms with Crippen LogP contribution < -0.4 is 11.2 Å². The molecule has 1 rings (SSSR count). The molecule has 0 fully saturated rings. The number of aryl methyl sites for hydroxylation is 1. The molecule has 1 heterocycles. The number of aromatic nitrogens is 2. The largest absolute Gasteiger partial charge is 0.481 e. The van der Waals surface area contributed by atoms with Gasteiger partial charge < -0.3 is 10.1 Å². The van der Waals surface area contributed by atoms with Crippen LogP contribution >= 0.6 is 15.9 Å². The van der Waals surface area contributed by atoms with Gasteiger partial charge in [0.15, 0.2) is 0 Å². The van der Waals surface area contributed by atoms with Crippen molar-refractivity contribution in [1.29, 1.82) is 0 Å². The fourth-order valence-electron chi connectivity index (χ4n) is 0.477. The molecule has 7 heteroatoms. The average molecular weight is 265 g/mol. The number of carboxylic acids is 1. The smallest absolute Gasteiger partial charge is 0.325 e. The van der Waals surface area contributed by atoms with E-state index in [1.54, 1.807) is 6.92 Å². The van der Waals surface area contributed by atoms with E-state index >= 15 is 0 Å². The minimum absolute atomic E-state index is 0.0347. The Labute approximate surface area is 87.1 Å². The van der Waals surface area contributed by atoms with Crippen LogP contribution in [-0.4, -0.2) is 26.4 Å². The number of carboxylic acid groups (broad SMARTS) is 1. The van der Waals surface area contributed by atoms with Crippen molar-refractivity contribution in [3.63, 3.8) is 0 Å². The third-order valence-electron chi connectivity index (χ3n) is 1.12. The Morgan fingerprint density at radius 3 is 2.36 bits per heavy atom. The summed E-state index contributed by atoms with van der Waals surface area (Å²) in [5.41, 5.74) is -0.293. The van der Waals surface area contributed by atoms with E-state index in [2.05, 4.69) is 25.9 Å². The molecular formula is C7H9BrN2O4. The van der Waals surface area contributed by atoms with Gasteiger partial charge in [0.25, 0.3) is 5.56 Å². The van der Waals surface area contributed by atoms with E-state index in [1.807, 2.05) is 0 Å². The van der Waals surface area contributed by atoms with Crippen molar-refractivity contribution in [2.75, 3.05) is 5.33 Å². The SMILES string of the molecule is Cc1c[nH]c(=O)[nH]c1=O.O=C(O)CBr. The first-order valence-electron chi connectivity index (χ1n) is 3.53. The average Bonchev–Trinajstić information content (AvgIpc) is 2.13. The quantitative estimate of drug-likeness (QED) is 0.613. The Balaban J connectivity index is 0.000000292. The summed E-state index contributed by atoms with van der Waals surface area (Å²) in [6, 6.07) is 0. The van der Waals surface area contributed by atoms with Gasteiger partial charge >= 0.3 is 11.7 Å². The molecule has 78 valence electrons. The predicted octanol–water partition coefficient (Wildman–Crippen LogP) is -0.162. The Morgan fingerprint density at radius 2 is 2.07 bits per heavy atom. The Hall–Kier alpha value is -1.37. The van der Waals surface area contributed by atoms with Gasteiger partial charge in [0.05, 0.1) is 0 Å². The highest BCUT2D eigenvalue weighted by Crippen LogP contribution is 1.73. The second-order valence-corrected chi connectivity index (χ2v) is 2.84. The van der Waals surface area contributed by atoms with E-state index in [9.17, 15) is 14.4 Å². The lowest BCUT2D eigenvalue weighted by molar-refractivity contribution is -0.133. The van der Waals surface area contributed by atoms with Crippen LogP contribution in [0.3, 0.4) is 0 Å². The molecule has 0 aliphatic rings. The first-order chi connectivity index (χ1) is 6.47. The van der Waals surface area contributed by atoms with E-state index in [0.717, 1.165) is 0 Å². The van der Waals surface area contributed by atoms with Gasteiger partial charge in [-0.05, 0) is 6.92 Å². The molecule has 0 saturated carbocycles. The minimum atomic E-state index is -0.829. The molecule has 0 aliphatic heterocycles. The highest BCUT2D eigenvalue weighted by Gasteiger charge is 1.88. The second kappa shape index (κ2) is 6.14. The maximum atomic E-state index is 10.6. The lowest BCUT2D eigenvalue weighted by Gasteiger charge is -1.84. The highest BCUT2D eigenvalue weighted by atomic mass is 79.9. The lowest BCUT2D eigenvalue weighted by atomic mass is 10.4. The number of hydrogen-bond acceptors (Lipinski definition) is 3. The molecule has 0 saturated heterocycles. The molecule has 1 aromatic heterocycles. The second-order valence-electron chi connectivity index (χ2n) is 2.28. The number of aromatic amines is 2. The van der Waals surface area contributed by atoms with Crippen LogP contribution in [0.25, 0.3) is 0 Å². The van der Waals surface area contributed by atoms with E-state index in [0.29, 0.717) is 5.56 Å². The molecule has 0 aromatic carbocycles. The summed E-state index contributed by atoms with van der Waals surface area (Å²) in [7, 11) is 0. The highest BCUT2D eigenvalue weighted by molar-refractivity contribution is 9.09. The fraction of sp³-hybridized carbons (Fsp3) is 0.286. The van der Waals surface area contributed by atoms with E-state index in [1.165, 1.54) is 6.20 Å². The van der Waals surface area contributed by atoms with Crippen LogP contribution in [0, 0.1) is 6.92 Å². The number of aliphatic carboxylic acids is 1. The first kappa shape index (κ1) is 12.6. The van der Waals surface area contributed by atoms with Gasteiger partial charge in [0.1, 0.15) is 5.33 Å². The van der Waals surface area contributed by atoms with Crippen LogP contribution in [0.1, 0.15) is 5.56 Å². The molecule has 6 nitrogen and oxygen atoms in total. The maximum absolute atomic E-state index is 10.6. The zero-order valence-corrected chi connectivity index (χ0v) is 8.92. The van der Waals surface area contributed by atoms with Crippen LogP contribution in [0.2, 0.25) is 0 Å². The van der Waals surface area contributed by atoms with Gasteiger partial charge in [-0.25, -0.2) is 4.79 Å². The van der Waals surface area contributed by atoms with E-state index in [4.69, 9.17) is 5.11 Å². The van der Waals surface area contributed by atoms with Crippen molar-refractivity contribution in [3.8, 4) is 0 Å². The van der Waals surface area contributed by atoms with Crippen LogP contribution in [0.15, 0.2) is 15.8 Å². The standard InChI is InChI=1S/C5H6N2O2.C2H3BrO2/c1-3-2-6-5(9)7-4(3)8;3-1-2(4)5/h2H,1H3,(H2,6,7,8,9);1H2,(H,4,5). The minimum Gasteiger partial charge on any atom is -0.481 e. The van der Waals surface area contributed by atoms with E-state index in [-0.39, 0.29) is 10.9 Å². The summed E-state index contributed by atoms with van der Waals surface area (Å²) >= 11 is 2.71. The van der Waals surface area contributed by atoms with Crippen molar-refractivity contribution in [1.82, 2.24) is 9.97 Å². The molecule has 0 atom stereocenters. The summed E-state index contributed by atoms with van der Waals surface area (Å²) in [4.78, 5) is 34.6. The van der Waals surface area contributed by atoms with Gasteiger partial charge in [-0.2, -0.15) is 0 Å². The Kier molecular flexibility index (Phi) is 5.54. The Bertz CT molecular complexity index is 409. The molecular weight excluding hydrogens is 256 g/mol. The predicted molar refractivity (Wildman–Crippen MR) is 53.9 cm³/mol. The lowest BCUT2D eigenvalue weighted by Crippen LogP contribution is -2.22. The number of rotatable bonds is 1. The van der Waals surface area contributed by atoms with Gasteiger partial charge in [-0.3, -0.25) is 14.6 Å². The molecule has 0 amide bonds. The third kappa shape index (κ3) is 5.31. The molecule has 14 heavy (non-hydrogen) atoms. The molecule has 0 spiro atoms. The topological polar surface area (TPSA) is 103 Å². The molecule has 1 aromatic rings. The van der Waals surface area contributed by atoms with E-state index < -0.39 is 11.7 Å². The van der Waals surface area contributed by atoms with Crippen molar-refractivity contribution in [2.45, 2.75) is 6.92 Å². The zero-order chi connectivity index (χ0) is 11.1. The Morgan fingerprint density at radius 1 is 1.57 bits per heavy atom.